The molecule has 1 aromatic heterocycles. The summed E-state index contributed by atoms with van der Waals surface area (Å²) in [7, 11) is 1.53. The van der Waals surface area contributed by atoms with E-state index in [-0.39, 0.29) is 5.91 Å². The Morgan fingerprint density at radius 1 is 1.26 bits per heavy atom. The molecule has 0 saturated heterocycles. The summed E-state index contributed by atoms with van der Waals surface area (Å²) in [5.41, 5.74) is 1.91. The molecule has 27 heavy (non-hydrogen) atoms. The molecule has 3 rings (SSSR count). The van der Waals surface area contributed by atoms with Gasteiger partial charge in [-0.2, -0.15) is 5.10 Å². The van der Waals surface area contributed by atoms with E-state index in [9.17, 15) is 4.79 Å². The van der Waals surface area contributed by atoms with Crippen molar-refractivity contribution < 1.29 is 14.3 Å². The molecule has 0 aliphatic heterocycles. The number of H-pyrrole nitrogens is 1. The lowest BCUT2D eigenvalue weighted by molar-refractivity contribution is 0.102. The monoisotopic (exact) mass is 364 g/mol. The fraction of sp³-hybridized carbons (Fsp3) is 0.150. The Morgan fingerprint density at radius 3 is 2.81 bits per heavy atom. The molecule has 1 heterocycles. The van der Waals surface area contributed by atoms with Crippen LogP contribution in [-0.2, 0) is 0 Å². The third kappa shape index (κ3) is 4.33. The molecular formula is C20H20N4O3. The van der Waals surface area contributed by atoms with Gasteiger partial charge in [0.2, 0.25) is 0 Å². The first-order valence-electron chi connectivity index (χ1n) is 8.33. The lowest BCUT2D eigenvalue weighted by Gasteiger charge is -2.11. The highest BCUT2D eigenvalue weighted by Crippen LogP contribution is 2.28. The van der Waals surface area contributed by atoms with Crippen LogP contribution in [0.3, 0.4) is 0 Å². The van der Waals surface area contributed by atoms with Crippen LogP contribution in [-0.4, -0.2) is 34.8 Å². The minimum atomic E-state index is -0.258. The van der Waals surface area contributed by atoms with Gasteiger partial charge < -0.3 is 14.8 Å². The number of carbonyl (C=O) groups is 1. The topological polar surface area (TPSA) is 89.1 Å². The van der Waals surface area contributed by atoms with Gasteiger partial charge in [-0.3, -0.25) is 9.89 Å². The van der Waals surface area contributed by atoms with Crippen LogP contribution in [0.25, 0.3) is 11.4 Å². The predicted molar refractivity (Wildman–Crippen MR) is 103 cm³/mol. The molecule has 2 N–H and O–H groups in total. The van der Waals surface area contributed by atoms with Crippen LogP contribution in [0.1, 0.15) is 16.2 Å². The van der Waals surface area contributed by atoms with Gasteiger partial charge >= 0.3 is 0 Å². The van der Waals surface area contributed by atoms with E-state index < -0.39 is 0 Å². The molecule has 0 unspecified atom stereocenters. The molecule has 0 saturated carbocycles. The summed E-state index contributed by atoms with van der Waals surface area (Å²) < 4.78 is 10.8. The number of carbonyl (C=O) groups excluding carboxylic acids is 1. The summed E-state index contributed by atoms with van der Waals surface area (Å²) in [4.78, 5) is 16.9. The van der Waals surface area contributed by atoms with Crippen LogP contribution in [0.2, 0.25) is 0 Å². The molecule has 0 spiro atoms. The fourth-order valence-electron chi connectivity index (χ4n) is 2.49. The van der Waals surface area contributed by atoms with Crippen LogP contribution in [0.15, 0.2) is 55.1 Å². The molecule has 7 heteroatoms. The molecule has 0 atom stereocenters. The van der Waals surface area contributed by atoms with E-state index in [2.05, 4.69) is 27.1 Å². The molecule has 1 amide bonds. The number of hydrogen-bond acceptors (Lipinski definition) is 5. The van der Waals surface area contributed by atoms with Crippen molar-refractivity contribution in [1.82, 2.24) is 15.2 Å². The van der Waals surface area contributed by atoms with Crippen molar-refractivity contribution in [2.24, 2.45) is 0 Å². The van der Waals surface area contributed by atoms with E-state index in [0.717, 1.165) is 11.4 Å². The zero-order valence-electron chi connectivity index (χ0n) is 15.2. The number of anilines is 1. The number of hydrogen-bond donors (Lipinski definition) is 2. The number of nitrogens with one attached hydrogen (secondary N) is 2. The molecule has 7 nitrogen and oxygen atoms in total. The Morgan fingerprint density at radius 2 is 2.11 bits per heavy atom. The first-order chi connectivity index (χ1) is 13.1. The normalized spacial score (nSPS) is 10.3. The van der Waals surface area contributed by atoms with Crippen LogP contribution in [0, 0.1) is 6.92 Å². The third-order valence-electron chi connectivity index (χ3n) is 3.76. The highest BCUT2D eigenvalue weighted by atomic mass is 16.5. The molecule has 0 fully saturated rings. The Hall–Kier alpha value is -3.61. The highest BCUT2D eigenvalue weighted by molar-refractivity contribution is 6.04. The van der Waals surface area contributed by atoms with E-state index >= 15 is 0 Å². The van der Waals surface area contributed by atoms with E-state index in [1.807, 2.05) is 25.1 Å². The number of aromatic nitrogens is 3. The summed E-state index contributed by atoms with van der Waals surface area (Å²) in [6.45, 7) is 5.80. The van der Waals surface area contributed by atoms with Gasteiger partial charge in [-0.15, -0.1) is 0 Å². The van der Waals surface area contributed by atoms with Gasteiger partial charge in [0.25, 0.3) is 5.91 Å². The summed E-state index contributed by atoms with van der Waals surface area (Å²) in [6, 6.07) is 12.4. The maximum absolute atomic E-state index is 12.6. The van der Waals surface area contributed by atoms with Gasteiger partial charge in [0.1, 0.15) is 12.4 Å². The lowest BCUT2D eigenvalue weighted by atomic mass is 10.1. The first kappa shape index (κ1) is 18.2. The number of nitrogens with zero attached hydrogens (tertiary/aromatic N) is 2. The second-order valence-electron chi connectivity index (χ2n) is 5.74. The van der Waals surface area contributed by atoms with Gasteiger partial charge in [-0.05, 0) is 37.3 Å². The Labute approximate surface area is 157 Å². The molecular weight excluding hydrogens is 344 g/mol. The number of amides is 1. The third-order valence-corrected chi connectivity index (χ3v) is 3.76. The summed E-state index contributed by atoms with van der Waals surface area (Å²) >= 11 is 0. The van der Waals surface area contributed by atoms with Crippen molar-refractivity contribution in [3.8, 4) is 22.9 Å². The van der Waals surface area contributed by atoms with E-state index in [4.69, 9.17) is 9.47 Å². The average molecular weight is 364 g/mol. The molecule has 138 valence electrons. The Balaban J connectivity index is 1.78. The summed E-state index contributed by atoms with van der Waals surface area (Å²) in [6.07, 6.45) is 1.64. The number of benzene rings is 2. The van der Waals surface area contributed by atoms with Crippen LogP contribution in [0.5, 0.6) is 11.5 Å². The highest BCUT2D eigenvalue weighted by Gasteiger charge is 2.12. The minimum absolute atomic E-state index is 0.258. The van der Waals surface area contributed by atoms with Gasteiger partial charge in [0.15, 0.2) is 17.3 Å². The molecule has 0 aliphatic rings. The van der Waals surface area contributed by atoms with Crippen LogP contribution >= 0.6 is 0 Å². The number of methoxy groups -OCH3 is 1. The standard InChI is InChI=1S/C20H20N4O3/c1-4-10-27-17-9-8-15(12-18(17)26-3)20(25)22-16-7-5-6-14(11-16)19-21-13(2)23-24-19/h4-9,11-12H,1,10H2,2-3H3,(H,22,25)(H,21,23,24). The number of ether oxygens (including phenoxy) is 2. The predicted octanol–water partition coefficient (Wildman–Crippen LogP) is 3.61. The molecule has 2 aromatic carbocycles. The van der Waals surface area contributed by atoms with Crippen LogP contribution < -0.4 is 14.8 Å². The molecule has 0 aliphatic carbocycles. The van der Waals surface area contributed by atoms with Crippen LogP contribution in [0.4, 0.5) is 5.69 Å². The minimum Gasteiger partial charge on any atom is -0.493 e. The van der Waals surface area contributed by atoms with E-state index in [0.29, 0.717) is 35.2 Å². The van der Waals surface area contributed by atoms with E-state index in [1.165, 1.54) is 7.11 Å². The van der Waals surface area contributed by atoms with Crippen molar-refractivity contribution in [2.75, 3.05) is 19.0 Å². The van der Waals surface area contributed by atoms with Crippen molar-refractivity contribution in [2.45, 2.75) is 6.92 Å². The SMILES string of the molecule is C=CCOc1ccc(C(=O)Nc2cccc(-c3n[nH]c(C)n3)c2)cc1OC. The number of rotatable bonds is 7. The lowest BCUT2D eigenvalue weighted by Crippen LogP contribution is -2.12. The largest absolute Gasteiger partial charge is 0.493 e. The maximum Gasteiger partial charge on any atom is 0.255 e. The fourth-order valence-corrected chi connectivity index (χ4v) is 2.49. The van der Waals surface area contributed by atoms with Crippen molar-refractivity contribution in [3.63, 3.8) is 0 Å². The van der Waals surface area contributed by atoms with Gasteiger partial charge in [0, 0.05) is 16.8 Å². The average Bonchev–Trinajstić information content (AvgIpc) is 3.12. The number of aryl methyl sites for hydroxylation is 1. The zero-order chi connectivity index (χ0) is 19.2. The second kappa shape index (κ2) is 8.18. The first-order valence-corrected chi connectivity index (χ1v) is 8.33. The van der Waals surface area contributed by atoms with Crippen molar-refractivity contribution in [3.05, 3.63) is 66.5 Å². The van der Waals surface area contributed by atoms with Gasteiger partial charge in [-0.1, -0.05) is 24.8 Å². The molecule has 3 aromatic rings. The van der Waals surface area contributed by atoms with Crippen molar-refractivity contribution >= 4 is 11.6 Å². The quantitative estimate of drug-likeness (QED) is 0.625. The van der Waals surface area contributed by atoms with Gasteiger partial charge in [0.05, 0.1) is 7.11 Å². The van der Waals surface area contributed by atoms with Crippen molar-refractivity contribution in [1.29, 1.82) is 0 Å². The van der Waals surface area contributed by atoms with E-state index in [1.54, 1.807) is 30.3 Å². The number of aromatic amines is 1. The summed E-state index contributed by atoms with van der Waals surface area (Å²) in [5.74, 6) is 2.08. The smallest absolute Gasteiger partial charge is 0.255 e. The summed E-state index contributed by atoms with van der Waals surface area (Å²) in [5, 5.41) is 9.81. The van der Waals surface area contributed by atoms with Gasteiger partial charge in [-0.25, -0.2) is 4.98 Å². The maximum atomic E-state index is 12.6. The second-order valence-corrected chi connectivity index (χ2v) is 5.74. The molecule has 0 radical (unpaired) electrons. The Bertz CT molecular complexity index is 965. The zero-order valence-corrected chi connectivity index (χ0v) is 15.2. The Kier molecular flexibility index (Phi) is 5.51. The molecule has 0 bridgehead atoms.